The van der Waals surface area contributed by atoms with E-state index >= 15 is 0 Å². The number of pyridine rings is 3. The number of anilines is 6. The molecule has 536 valence electrons. The quantitative estimate of drug-likeness (QED) is 0.0700. The number of para-hydroxylation sites is 5. The molecule has 0 aliphatic heterocycles. The van der Waals surface area contributed by atoms with Crippen molar-refractivity contribution in [3.8, 4) is 39.5 Å². The van der Waals surface area contributed by atoms with E-state index in [0.717, 1.165) is 66.8 Å². The molecule has 8 nitrogen and oxygen atoms in total. The van der Waals surface area contributed by atoms with Gasteiger partial charge in [-0.25, -0.2) is 0 Å². The van der Waals surface area contributed by atoms with Crippen LogP contribution in [0.4, 0.5) is 34.1 Å². The van der Waals surface area contributed by atoms with E-state index in [0.29, 0.717) is 17.2 Å². The minimum Gasteiger partial charge on any atom is -0.576 e. The fraction of sp³-hybridized carbons (Fsp3) is 0.0190. The van der Waals surface area contributed by atoms with Crippen molar-refractivity contribution in [1.82, 2.24) is 15.0 Å². The molecule has 0 amide bonds. The van der Waals surface area contributed by atoms with Crippen LogP contribution in [-0.4, -0.2) is 30.1 Å². The summed E-state index contributed by atoms with van der Waals surface area (Å²) in [6, 6.07) is 146. The Hall–Kier alpha value is -14.5. The van der Waals surface area contributed by atoms with Gasteiger partial charge in [0.05, 0.1) is 22.2 Å². The molecular weight excluding hydrogens is 1410 g/mol. The molecule has 114 heavy (non-hydrogen) atoms. The van der Waals surface area contributed by atoms with E-state index in [1.165, 1.54) is 99.1 Å². The van der Waals surface area contributed by atoms with Gasteiger partial charge in [-0.1, -0.05) is 309 Å². The van der Waals surface area contributed by atoms with Gasteiger partial charge in [-0.3, -0.25) is 15.0 Å². The molecule has 0 radical (unpaired) electrons. The lowest BCUT2D eigenvalue weighted by Crippen LogP contribution is -2.37. The summed E-state index contributed by atoms with van der Waals surface area (Å²) in [5, 5.41) is 10.3. The average Bonchev–Trinajstić information content (AvgIpc) is 1.52. The second-order valence-electron chi connectivity index (χ2n) is 29.1. The van der Waals surface area contributed by atoms with Crippen LogP contribution in [0, 0.1) is 0 Å². The van der Waals surface area contributed by atoms with Crippen molar-refractivity contribution in [2.24, 2.45) is 0 Å². The maximum Gasteiger partial charge on any atom is 1.20 e. The summed E-state index contributed by atoms with van der Waals surface area (Å²) in [5.41, 5.74) is 23.3. The highest BCUT2D eigenvalue weighted by molar-refractivity contribution is 6.40. The van der Waals surface area contributed by atoms with Crippen molar-refractivity contribution < 1.29 is 11.4 Å². The molecule has 22 rings (SSSR count). The van der Waals surface area contributed by atoms with Crippen LogP contribution in [0.25, 0.3) is 87.3 Å². The number of hydrogen-bond donors (Lipinski definition) is 0. The van der Waals surface area contributed by atoms with Gasteiger partial charge in [0.2, 0.25) is 0 Å². The zero-order valence-corrected chi connectivity index (χ0v) is 63.1. The Morgan fingerprint density at radius 1 is 0.219 bits per heavy atom. The van der Waals surface area contributed by atoms with Gasteiger partial charge < -0.3 is 21.2 Å². The highest BCUT2D eigenvalue weighted by atomic mass is 27.3. The summed E-state index contributed by atoms with van der Waals surface area (Å²) < 4.78 is 19.2. The van der Waals surface area contributed by atoms with Crippen LogP contribution in [0.1, 0.15) is 44.5 Å². The summed E-state index contributed by atoms with van der Waals surface area (Å²) in [6.07, 6.45) is 5.24. The normalized spacial score (nSPS) is 12.7. The van der Waals surface area contributed by atoms with E-state index in [-0.39, 0.29) is 0 Å². The SMILES string of the molecule is c1ccc(N(c2ccc(C3(c4ccccc4)c4ccccc4-c4ccccc43)cc2)c2ccc3ccc4c(N(c5ccccc5)c5ccc(C6(c7ccccc7)c7ccccc7-c7ccccc76)cc5)ccc5ccc2c3c54)cc1.c1cnc2c([O][Al]([O]c3cccc4cccnc34)[O]c3cccc4cccnc34)cccc2c1. The van der Waals surface area contributed by atoms with Crippen molar-refractivity contribution >= 4 is 114 Å². The number of rotatable bonds is 16. The molecule has 0 atom stereocenters. The summed E-state index contributed by atoms with van der Waals surface area (Å²) in [6.45, 7) is 0. The molecule has 0 unspecified atom stereocenters. The van der Waals surface area contributed by atoms with Gasteiger partial charge in [-0.15, -0.1) is 0 Å². The van der Waals surface area contributed by atoms with E-state index in [4.69, 9.17) is 11.4 Å². The number of benzene rings is 17. The first kappa shape index (κ1) is 67.6. The second kappa shape index (κ2) is 28.4. The van der Waals surface area contributed by atoms with E-state index < -0.39 is 26.0 Å². The number of fused-ring (bicyclic) bond motifs is 9. The Morgan fingerprint density at radius 3 is 0.842 bits per heavy atom. The van der Waals surface area contributed by atoms with Crippen LogP contribution in [0.15, 0.2) is 425 Å². The standard InChI is InChI=1S/C78H52N2.3C9H7NO.Al/c1-5-21-55(22-6-1)77(69-33-17-13-29-63(69)64-30-14-18-34-70(64)77)57-41-45-61(46-42-57)79(59-25-9-3-10-26-59)73-51-39-53-38-50-68-74(52-40-54-37-49-67(73)75(53)76(54)68)80(60-27-11-4-12-28-60)62-47-43-58(44-48-62)78(56-23-7-2-8-24-56)71-35-19-15-31-65(71)66-32-16-20-36-72(66)78;3*11-8-5-1-3-7-4-2-6-10-9(7)8;/h1-52H;3*1-6,11H;/q;;;;+3/p-3. The van der Waals surface area contributed by atoms with Gasteiger partial charge in [-0.05, 0) is 185 Å². The summed E-state index contributed by atoms with van der Waals surface area (Å²) >= 11 is -2.86. The zero-order valence-electron chi connectivity index (χ0n) is 62.0. The molecule has 3 aromatic heterocycles. The van der Waals surface area contributed by atoms with Crippen LogP contribution < -0.4 is 21.2 Å². The Bertz CT molecular complexity index is 6390. The topological polar surface area (TPSA) is 72.8 Å². The first-order valence-corrected chi connectivity index (χ1v) is 40.1. The molecule has 0 saturated carbocycles. The lowest BCUT2D eigenvalue weighted by atomic mass is 9.68. The van der Waals surface area contributed by atoms with Gasteiger partial charge in [0.25, 0.3) is 0 Å². The van der Waals surface area contributed by atoms with Crippen molar-refractivity contribution in [3.63, 3.8) is 0 Å². The third-order valence-corrected chi connectivity index (χ3v) is 24.4. The monoisotopic (exact) mass is 1480 g/mol. The van der Waals surface area contributed by atoms with Crippen LogP contribution in [0.2, 0.25) is 0 Å². The van der Waals surface area contributed by atoms with Crippen molar-refractivity contribution in [1.29, 1.82) is 0 Å². The van der Waals surface area contributed by atoms with E-state index in [1.54, 1.807) is 18.6 Å². The van der Waals surface area contributed by atoms with Crippen LogP contribution in [0.5, 0.6) is 17.2 Å². The lowest BCUT2D eigenvalue weighted by molar-refractivity contribution is 0.311. The highest BCUT2D eigenvalue weighted by Crippen LogP contribution is 2.59. The van der Waals surface area contributed by atoms with Gasteiger partial charge in [0.1, 0.15) is 33.8 Å². The number of aromatic nitrogens is 3. The smallest absolute Gasteiger partial charge is 0.576 e. The van der Waals surface area contributed by atoms with Gasteiger partial charge >= 0.3 is 15.1 Å². The minimum absolute atomic E-state index is 0.482. The maximum atomic E-state index is 6.41. The molecule has 2 aliphatic rings. The first-order valence-electron chi connectivity index (χ1n) is 38.7. The van der Waals surface area contributed by atoms with Crippen molar-refractivity contribution in [2.75, 3.05) is 9.80 Å². The maximum absolute atomic E-state index is 6.41. The van der Waals surface area contributed by atoms with Gasteiger partial charge in [0, 0.05) is 68.3 Å². The Balaban J connectivity index is 0.000000200. The minimum atomic E-state index is -2.86. The second-order valence-corrected chi connectivity index (χ2v) is 30.4. The first-order chi connectivity index (χ1) is 56.6. The molecule has 2 aliphatic carbocycles. The molecule has 3 heterocycles. The molecule has 0 bridgehead atoms. The Morgan fingerprint density at radius 2 is 0.500 bits per heavy atom. The molecule has 20 aromatic rings. The molecule has 0 fully saturated rings. The Kier molecular flexibility index (Phi) is 16.9. The third-order valence-electron chi connectivity index (χ3n) is 23.0. The molecule has 0 saturated heterocycles. The molecule has 17 aromatic carbocycles. The number of nitrogens with zero attached hydrogens (tertiary/aromatic N) is 5. The van der Waals surface area contributed by atoms with E-state index in [2.05, 4.69) is 340 Å². The molecule has 0 N–H and O–H groups in total. The van der Waals surface area contributed by atoms with Gasteiger partial charge in [-0.2, -0.15) is 0 Å². The lowest BCUT2D eigenvalue weighted by Gasteiger charge is -2.34. The van der Waals surface area contributed by atoms with Crippen molar-refractivity contribution in [3.05, 3.63) is 470 Å². The van der Waals surface area contributed by atoms with E-state index in [9.17, 15) is 0 Å². The van der Waals surface area contributed by atoms with Crippen LogP contribution in [-0.2, 0) is 10.8 Å². The van der Waals surface area contributed by atoms with Gasteiger partial charge in [0.15, 0.2) is 0 Å². The fourth-order valence-electron chi connectivity index (χ4n) is 18.2. The summed E-state index contributed by atoms with van der Waals surface area (Å²) in [7, 11) is 0. The summed E-state index contributed by atoms with van der Waals surface area (Å²) in [5.74, 6) is 1.82. The summed E-state index contributed by atoms with van der Waals surface area (Å²) in [4.78, 5) is 18.4. The number of hydrogen-bond acceptors (Lipinski definition) is 8. The van der Waals surface area contributed by atoms with E-state index in [1.807, 2.05) is 91.0 Å². The molecule has 0 spiro atoms. The Labute approximate surface area is 665 Å². The highest BCUT2D eigenvalue weighted by Gasteiger charge is 2.49. The van der Waals surface area contributed by atoms with Crippen molar-refractivity contribution in [2.45, 2.75) is 10.8 Å². The largest absolute Gasteiger partial charge is 1.20 e. The zero-order chi connectivity index (χ0) is 75.5. The molecule has 9 heteroatoms. The predicted octanol–water partition coefficient (Wildman–Crippen LogP) is 26.1. The van der Waals surface area contributed by atoms with Crippen LogP contribution in [0.3, 0.4) is 0 Å². The third kappa shape index (κ3) is 11.2. The molecular formula is C105H70AlN5O3. The predicted molar refractivity (Wildman–Crippen MR) is 467 cm³/mol. The van der Waals surface area contributed by atoms with Crippen LogP contribution >= 0.6 is 0 Å². The fourth-order valence-corrected chi connectivity index (χ4v) is 19.5. The average molecular weight is 1480 g/mol.